The Morgan fingerprint density at radius 1 is 1.21 bits per heavy atom. The topological polar surface area (TPSA) is 75.7 Å². The Bertz CT molecular complexity index is 716. The molecule has 2 aromatic rings. The van der Waals surface area contributed by atoms with Gasteiger partial charge >= 0.3 is 6.03 Å². The van der Waals surface area contributed by atoms with E-state index in [0.29, 0.717) is 18.7 Å². The minimum absolute atomic E-state index is 0.254. The van der Waals surface area contributed by atoms with E-state index in [0.717, 1.165) is 22.9 Å². The molecule has 1 aliphatic heterocycles. The molecule has 0 radical (unpaired) electrons. The third-order valence-electron chi connectivity index (χ3n) is 3.60. The number of rotatable bonds is 5. The average Bonchev–Trinajstić information content (AvgIpc) is 3.03. The van der Waals surface area contributed by atoms with Gasteiger partial charge in [-0.2, -0.15) is 0 Å². The third-order valence-corrected chi connectivity index (χ3v) is 3.60. The van der Waals surface area contributed by atoms with Crippen molar-refractivity contribution in [2.75, 3.05) is 37.6 Å². The van der Waals surface area contributed by atoms with Gasteiger partial charge in [-0.15, -0.1) is 0 Å². The van der Waals surface area contributed by atoms with Crippen LogP contribution in [-0.4, -0.2) is 38.4 Å². The lowest BCUT2D eigenvalue weighted by molar-refractivity contribution is 0.174. The van der Waals surface area contributed by atoms with E-state index in [4.69, 9.17) is 9.47 Å². The van der Waals surface area contributed by atoms with Gasteiger partial charge in [-0.3, -0.25) is 0 Å². The van der Waals surface area contributed by atoms with E-state index in [2.05, 4.69) is 15.6 Å². The molecule has 2 heterocycles. The molecule has 1 aromatic carbocycles. The van der Waals surface area contributed by atoms with Crippen molar-refractivity contribution < 1.29 is 14.3 Å². The Morgan fingerprint density at radius 2 is 2.04 bits per heavy atom. The molecule has 0 saturated carbocycles. The first kappa shape index (κ1) is 15.9. The average molecular weight is 328 g/mol. The van der Waals surface area contributed by atoms with E-state index in [9.17, 15) is 4.79 Å². The SMILES string of the molecule is CN(C)c1ccc(NC(=O)NCCc2ccc3c(c2)OCO3)cn1. The molecule has 1 aromatic heterocycles. The van der Waals surface area contributed by atoms with Crippen LogP contribution in [0, 0.1) is 0 Å². The zero-order valence-corrected chi connectivity index (χ0v) is 13.7. The van der Waals surface area contributed by atoms with Gasteiger partial charge < -0.3 is 25.0 Å². The van der Waals surface area contributed by atoms with E-state index in [-0.39, 0.29) is 12.8 Å². The summed E-state index contributed by atoms with van der Waals surface area (Å²) in [5, 5.41) is 5.58. The van der Waals surface area contributed by atoms with Gasteiger partial charge in [0, 0.05) is 20.6 Å². The first-order valence-electron chi connectivity index (χ1n) is 7.68. The lowest BCUT2D eigenvalue weighted by atomic mass is 10.1. The van der Waals surface area contributed by atoms with Crippen LogP contribution >= 0.6 is 0 Å². The number of nitrogens with one attached hydrogen (secondary N) is 2. The highest BCUT2D eigenvalue weighted by Gasteiger charge is 2.13. The number of amides is 2. The molecule has 0 bridgehead atoms. The van der Waals surface area contributed by atoms with Crippen molar-refractivity contribution in [3.05, 3.63) is 42.1 Å². The van der Waals surface area contributed by atoms with Crippen molar-refractivity contribution in [3.63, 3.8) is 0 Å². The lowest BCUT2D eigenvalue weighted by Crippen LogP contribution is -2.30. The van der Waals surface area contributed by atoms with Crippen molar-refractivity contribution >= 4 is 17.5 Å². The summed E-state index contributed by atoms with van der Waals surface area (Å²) < 4.78 is 10.6. The molecular formula is C17H20N4O3. The summed E-state index contributed by atoms with van der Waals surface area (Å²) in [6, 6.07) is 9.20. The summed E-state index contributed by atoms with van der Waals surface area (Å²) >= 11 is 0. The number of benzene rings is 1. The molecule has 0 spiro atoms. The number of ether oxygens (including phenoxy) is 2. The predicted octanol–water partition coefficient (Wildman–Crippen LogP) is 2.24. The lowest BCUT2D eigenvalue weighted by Gasteiger charge is -2.12. The van der Waals surface area contributed by atoms with Crippen LogP contribution in [-0.2, 0) is 6.42 Å². The normalized spacial score (nSPS) is 11.9. The highest BCUT2D eigenvalue weighted by molar-refractivity contribution is 5.89. The van der Waals surface area contributed by atoms with Gasteiger partial charge in [0.25, 0.3) is 0 Å². The first-order chi connectivity index (χ1) is 11.6. The van der Waals surface area contributed by atoms with Gasteiger partial charge in [-0.25, -0.2) is 9.78 Å². The van der Waals surface area contributed by atoms with Gasteiger partial charge in [0.2, 0.25) is 6.79 Å². The summed E-state index contributed by atoms with van der Waals surface area (Å²) in [6.07, 6.45) is 2.34. The Balaban J connectivity index is 1.45. The molecule has 1 aliphatic rings. The fraction of sp³-hybridized carbons (Fsp3) is 0.294. The van der Waals surface area contributed by atoms with Gasteiger partial charge in [0.05, 0.1) is 11.9 Å². The van der Waals surface area contributed by atoms with Gasteiger partial charge in [-0.1, -0.05) is 6.07 Å². The van der Waals surface area contributed by atoms with E-state index < -0.39 is 0 Å². The molecule has 7 nitrogen and oxygen atoms in total. The van der Waals surface area contributed by atoms with Gasteiger partial charge in [0.1, 0.15) is 5.82 Å². The second-order valence-electron chi connectivity index (χ2n) is 5.62. The molecule has 126 valence electrons. The van der Waals surface area contributed by atoms with E-state index in [1.54, 1.807) is 6.20 Å². The molecule has 7 heteroatoms. The number of anilines is 2. The first-order valence-corrected chi connectivity index (χ1v) is 7.68. The van der Waals surface area contributed by atoms with E-state index >= 15 is 0 Å². The second kappa shape index (κ2) is 7.08. The van der Waals surface area contributed by atoms with Crippen LogP contribution in [0.3, 0.4) is 0 Å². The molecule has 24 heavy (non-hydrogen) atoms. The van der Waals surface area contributed by atoms with Crippen LogP contribution in [0.4, 0.5) is 16.3 Å². The number of hydrogen-bond donors (Lipinski definition) is 2. The number of carbonyl (C=O) groups excluding carboxylic acids is 1. The van der Waals surface area contributed by atoms with Crippen LogP contribution in [0.5, 0.6) is 11.5 Å². The molecule has 0 aliphatic carbocycles. The van der Waals surface area contributed by atoms with E-state index in [1.807, 2.05) is 49.3 Å². The number of aromatic nitrogens is 1. The van der Waals surface area contributed by atoms with Crippen LogP contribution in [0.2, 0.25) is 0 Å². The third kappa shape index (κ3) is 3.87. The second-order valence-corrected chi connectivity index (χ2v) is 5.62. The molecule has 2 N–H and O–H groups in total. The Kier molecular flexibility index (Phi) is 4.69. The number of hydrogen-bond acceptors (Lipinski definition) is 5. The zero-order valence-electron chi connectivity index (χ0n) is 13.7. The maximum atomic E-state index is 11.9. The molecule has 0 saturated heterocycles. The number of pyridine rings is 1. The molecule has 2 amide bonds. The van der Waals surface area contributed by atoms with Crippen LogP contribution < -0.4 is 25.0 Å². The Hall–Kier alpha value is -2.96. The maximum absolute atomic E-state index is 11.9. The number of carbonyl (C=O) groups is 1. The fourth-order valence-corrected chi connectivity index (χ4v) is 2.32. The standard InChI is InChI=1S/C17H20N4O3/c1-21(2)16-6-4-13(10-19-16)20-17(22)18-8-7-12-3-5-14-15(9-12)24-11-23-14/h3-6,9-10H,7-8,11H2,1-2H3,(H2,18,20,22). The summed E-state index contributed by atoms with van der Waals surface area (Å²) in [5.74, 6) is 2.35. The van der Waals surface area contributed by atoms with Crippen molar-refractivity contribution in [3.8, 4) is 11.5 Å². The van der Waals surface area contributed by atoms with Crippen molar-refractivity contribution in [2.45, 2.75) is 6.42 Å². The minimum atomic E-state index is -0.254. The molecule has 0 fully saturated rings. The largest absolute Gasteiger partial charge is 0.454 e. The van der Waals surface area contributed by atoms with Crippen molar-refractivity contribution in [1.29, 1.82) is 0 Å². The van der Waals surface area contributed by atoms with Crippen molar-refractivity contribution in [2.24, 2.45) is 0 Å². The molecule has 0 atom stereocenters. The van der Waals surface area contributed by atoms with Gasteiger partial charge in [-0.05, 0) is 36.2 Å². The fourth-order valence-electron chi connectivity index (χ4n) is 2.32. The molecule has 0 unspecified atom stereocenters. The van der Waals surface area contributed by atoms with Gasteiger partial charge in [0.15, 0.2) is 11.5 Å². The maximum Gasteiger partial charge on any atom is 0.319 e. The van der Waals surface area contributed by atoms with Crippen LogP contribution in [0.15, 0.2) is 36.5 Å². The molecular weight excluding hydrogens is 308 g/mol. The smallest absolute Gasteiger partial charge is 0.319 e. The highest BCUT2D eigenvalue weighted by atomic mass is 16.7. The van der Waals surface area contributed by atoms with Crippen LogP contribution in [0.25, 0.3) is 0 Å². The zero-order chi connectivity index (χ0) is 16.9. The minimum Gasteiger partial charge on any atom is -0.454 e. The number of urea groups is 1. The quantitative estimate of drug-likeness (QED) is 0.880. The number of nitrogens with zero attached hydrogens (tertiary/aromatic N) is 2. The molecule has 3 rings (SSSR count). The monoisotopic (exact) mass is 328 g/mol. The highest BCUT2D eigenvalue weighted by Crippen LogP contribution is 2.32. The van der Waals surface area contributed by atoms with Crippen molar-refractivity contribution in [1.82, 2.24) is 10.3 Å². The van der Waals surface area contributed by atoms with Crippen LogP contribution in [0.1, 0.15) is 5.56 Å². The Labute approximate surface area is 140 Å². The summed E-state index contributed by atoms with van der Waals surface area (Å²) in [6.45, 7) is 0.786. The predicted molar refractivity (Wildman–Crippen MR) is 91.9 cm³/mol. The summed E-state index contributed by atoms with van der Waals surface area (Å²) in [4.78, 5) is 18.1. The Morgan fingerprint density at radius 3 is 2.79 bits per heavy atom. The summed E-state index contributed by atoms with van der Waals surface area (Å²) in [7, 11) is 3.83. The summed E-state index contributed by atoms with van der Waals surface area (Å²) in [5.41, 5.74) is 1.73. The van der Waals surface area contributed by atoms with E-state index in [1.165, 1.54) is 0 Å². The number of fused-ring (bicyclic) bond motifs is 1.